The first-order valence-corrected chi connectivity index (χ1v) is 5.32. The minimum absolute atomic E-state index is 0.0227. The molecule has 0 rings (SSSR count). The van der Waals surface area contributed by atoms with Gasteiger partial charge in [-0.1, -0.05) is 17.7 Å². The van der Waals surface area contributed by atoms with E-state index in [0.29, 0.717) is 26.2 Å². The maximum absolute atomic E-state index is 10.0. The zero-order valence-corrected chi connectivity index (χ0v) is 11.1. The summed E-state index contributed by atoms with van der Waals surface area (Å²) in [6.45, 7) is 5.04. The number of hydrogen-bond acceptors (Lipinski definition) is 8. The highest BCUT2D eigenvalue weighted by Crippen LogP contribution is 1.66. The second-order valence-corrected chi connectivity index (χ2v) is 2.72. The molecule has 0 fully saturated rings. The average Bonchev–Trinajstić information content (AvgIpc) is 2.27. The lowest BCUT2D eigenvalue weighted by molar-refractivity contribution is -0.143. The summed E-state index contributed by atoms with van der Waals surface area (Å²) in [5, 5.41) is 2.53. The van der Waals surface area contributed by atoms with Crippen molar-refractivity contribution >= 4 is 24.7 Å². The van der Waals surface area contributed by atoms with Crippen molar-refractivity contribution in [1.29, 1.82) is 0 Å². The summed E-state index contributed by atoms with van der Waals surface area (Å²) in [6.07, 6.45) is 0. The van der Waals surface area contributed by atoms with E-state index in [9.17, 15) is 9.59 Å². The number of carbonyl (C=O) groups excluding carboxylic acids is 2. The predicted octanol–water partition coefficient (Wildman–Crippen LogP) is -2.12. The number of rotatable bonds is 4. The van der Waals surface area contributed by atoms with E-state index in [-0.39, 0.29) is 5.91 Å². The fourth-order valence-electron chi connectivity index (χ4n) is 0.312. The van der Waals surface area contributed by atoms with Crippen molar-refractivity contribution in [3.05, 3.63) is 0 Å². The van der Waals surface area contributed by atoms with Crippen molar-refractivity contribution in [2.75, 3.05) is 26.2 Å². The van der Waals surface area contributed by atoms with Gasteiger partial charge in [0.25, 0.3) is 0 Å². The Balaban J connectivity index is -0.000000180. The second kappa shape index (κ2) is 20.5. The van der Waals surface area contributed by atoms with Gasteiger partial charge in [0.05, 0.1) is 0 Å². The Morgan fingerprint density at radius 2 is 1.59 bits per heavy atom. The molecule has 104 valence electrons. The standard InChI is InChI=1S/C4H10N2O.C2H8N2.C2H5NO2S/c1-4(7)6-3-2-5;3-1-2-4;1-2(4)5-3-6/h2-3,5H2,1H3,(H,6,7);1-4H2;3,6H,1H3. The Labute approximate surface area is 107 Å². The summed E-state index contributed by atoms with van der Waals surface area (Å²) in [5.74, 6) is -0.421. The second-order valence-electron chi connectivity index (χ2n) is 2.53. The molecule has 0 saturated heterocycles. The SMILES string of the molecule is CC(=O)NCCN.CC(=O)ONS.NCCN. The monoisotopic (exact) mass is 269 g/mol. The van der Waals surface area contributed by atoms with E-state index in [1.165, 1.54) is 13.8 Å². The summed E-state index contributed by atoms with van der Waals surface area (Å²) in [4.78, 5) is 25.7. The van der Waals surface area contributed by atoms with Crippen LogP contribution >= 0.6 is 12.8 Å². The van der Waals surface area contributed by atoms with Gasteiger partial charge in [-0.15, -0.1) is 0 Å². The van der Waals surface area contributed by atoms with Crippen molar-refractivity contribution < 1.29 is 14.4 Å². The first-order chi connectivity index (χ1) is 7.95. The van der Waals surface area contributed by atoms with Crippen LogP contribution in [0, 0.1) is 0 Å². The van der Waals surface area contributed by atoms with E-state index in [1.807, 2.05) is 4.89 Å². The molecule has 0 aromatic carbocycles. The molecule has 0 aromatic rings. The lowest BCUT2D eigenvalue weighted by Gasteiger charge is -1.93. The number of amides is 1. The first kappa shape index (κ1) is 21.4. The molecule has 9 heteroatoms. The van der Waals surface area contributed by atoms with E-state index < -0.39 is 5.97 Å². The molecule has 17 heavy (non-hydrogen) atoms. The maximum Gasteiger partial charge on any atom is 0.322 e. The smallest absolute Gasteiger partial charge is 0.322 e. The molecule has 0 spiro atoms. The van der Waals surface area contributed by atoms with Crippen LogP contribution < -0.4 is 27.4 Å². The predicted molar refractivity (Wildman–Crippen MR) is 69.7 cm³/mol. The summed E-state index contributed by atoms with van der Waals surface area (Å²) >= 11 is 3.37. The van der Waals surface area contributed by atoms with Gasteiger partial charge in [-0.05, 0) is 0 Å². The topological polar surface area (TPSA) is 145 Å². The zero-order valence-electron chi connectivity index (χ0n) is 10.2. The van der Waals surface area contributed by atoms with Crippen LogP contribution in [-0.2, 0) is 14.4 Å². The van der Waals surface area contributed by atoms with Gasteiger partial charge < -0.3 is 27.4 Å². The maximum atomic E-state index is 10.0. The van der Waals surface area contributed by atoms with E-state index in [1.54, 1.807) is 0 Å². The van der Waals surface area contributed by atoms with Crippen LogP contribution in [-0.4, -0.2) is 38.1 Å². The Morgan fingerprint density at radius 1 is 1.12 bits per heavy atom. The van der Waals surface area contributed by atoms with Crippen LogP contribution in [0.2, 0.25) is 0 Å². The Hall–Kier alpha value is -0.870. The largest absolute Gasteiger partial charge is 0.361 e. The third-order valence-corrected chi connectivity index (χ3v) is 0.966. The van der Waals surface area contributed by atoms with Crippen molar-refractivity contribution in [1.82, 2.24) is 10.2 Å². The molecule has 0 aliphatic rings. The van der Waals surface area contributed by atoms with Crippen LogP contribution in [0.1, 0.15) is 13.8 Å². The highest BCUT2D eigenvalue weighted by molar-refractivity contribution is 7.77. The minimum atomic E-state index is -0.398. The number of carbonyl (C=O) groups is 2. The molecular formula is C8H23N5O3S. The van der Waals surface area contributed by atoms with Crippen molar-refractivity contribution in [2.24, 2.45) is 17.2 Å². The molecule has 1 amide bonds. The van der Waals surface area contributed by atoms with Crippen LogP contribution in [0.15, 0.2) is 0 Å². The molecule has 8 nitrogen and oxygen atoms in total. The summed E-state index contributed by atoms with van der Waals surface area (Å²) in [7, 11) is 0. The quantitative estimate of drug-likeness (QED) is 0.253. The van der Waals surface area contributed by atoms with Gasteiger partial charge in [0.2, 0.25) is 5.91 Å². The van der Waals surface area contributed by atoms with Crippen molar-refractivity contribution in [3.63, 3.8) is 0 Å². The van der Waals surface area contributed by atoms with Gasteiger partial charge >= 0.3 is 5.97 Å². The number of thiol groups is 1. The normalized spacial score (nSPS) is 7.88. The fourth-order valence-corrected chi connectivity index (χ4v) is 0.441. The van der Waals surface area contributed by atoms with Gasteiger partial charge in [0, 0.05) is 40.0 Å². The fraction of sp³-hybridized carbons (Fsp3) is 0.750. The highest BCUT2D eigenvalue weighted by Gasteiger charge is 1.83. The number of nitrogens with one attached hydrogen (secondary N) is 2. The molecule has 0 saturated carbocycles. The minimum Gasteiger partial charge on any atom is -0.361 e. The molecule has 0 unspecified atom stereocenters. The van der Waals surface area contributed by atoms with E-state index in [0.717, 1.165) is 0 Å². The number of hydrogen-bond donors (Lipinski definition) is 6. The van der Waals surface area contributed by atoms with Gasteiger partial charge in [0.15, 0.2) is 0 Å². The molecule has 0 bridgehead atoms. The molecule has 0 aliphatic carbocycles. The third-order valence-electron chi connectivity index (χ3n) is 0.874. The summed E-state index contributed by atoms with van der Waals surface area (Å²) in [6, 6.07) is 0. The molecule has 0 heterocycles. The summed E-state index contributed by atoms with van der Waals surface area (Å²) in [5.41, 5.74) is 14.9. The molecule has 0 atom stereocenters. The van der Waals surface area contributed by atoms with Gasteiger partial charge in [-0.2, -0.15) is 0 Å². The zero-order chi connectivity index (χ0) is 14.1. The van der Waals surface area contributed by atoms with Gasteiger partial charge in [-0.25, -0.2) is 0 Å². The summed E-state index contributed by atoms with van der Waals surface area (Å²) < 4.78 is 0. The average molecular weight is 269 g/mol. The van der Waals surface area contributed by atoms with Crippen LogP contribution in [0.25, 0.3) is 0 Å². The van der Waals surface area contributed by atoms with Crippen LogP contribution in [0.3, 0.4) is 0 Å². The molecule has 0 aliphatic heterocycles. The Kier molecular flexibility index (Phi) is 25.9. The lowest BCUT2D eigenvalue weighted by Crippen LogP contribution is -2.26. The van der Waals surface area contributed by atoms with Crippen LogP contribution in [0.4, 0.5) is 0 Å². The van der Waals surface area contributed by atoms with E-state index in [4.69, 9.17) is 17.2 Å². The van der Waals surface area contributed by atoms with E-state index in [2.05, 4.69) is 23.0 Å². The highest BCUT2D eigenvalue weighted by atomic mass is 32.1. The molecule has 0 aromatic heterocycles. The first-order valence-electron chi connectivity index (χ1n) is 4.87. The number of nitrogens with two attached hydrogens (primary N) is 3. The van der Waals surface area contributed by atoms with E-state index >= 15 is 0 Å². The van der Waals surface area contributed by atoms with Crippen molar-refractivity contribution in [3.8, 4) is 0 Å². The Bertz CT molecular complexity index is 181. The third kappa shape index (κ3) is 51.3. The molecule has 8 N–H and O–H groups in total. The molecule has 0 radical (unpaired) electrons. The van der Waals surface area contributed by atoms with Gasteiger partial charge in [0.1, 0.15) is 0 Å². The lowest BCUT2D eigenvalue weighted by atomic mass is 10.6. The van der Waals surface area contributed by atoms with Crippen LogP contribution in [0.5, 0.6) is 0 Å². The Morgan fingerprint density at radius 3 is 1.65 bits per heavy atom. The van der Waals surface area contributed by atoms with Gasteiger partial charge in [-0.3, -0.25) is 9.59 Å². The molecular weight excluding hydrogens is 246 g/mol. The van der Waals surface area contributed by atoms with Crippen molar-refractivity contribution in [2.45, 2.75) is 13.8 Å².